The predicted molar refractivity (Wildman–Crippen MR) is 97.9 cm³/mol. The highest BCUT2D eigenvalue weighted by atomic mass is 127. The van der Waals surface area contributed by atoms with Crippen LogP contribution in [0, 0.1) is 0 Å². The maximum absolute atomic E-state index is 12.3. The van der Waals surface area contributed by atoms with Crippen molar-refractivity contribution in [2.45, 2.75) is 37.6 Å². The van der Waals surface area contributed by atoms with E-state index in [-0.39, 0.29) is 35.8 Å². The molecule has 0 saturated heterocycles. The first-order valence-corrected chi connectivity index (χ1v) is 8.49. The molecule has 0 bridgehead atoms. The first kappa shape index (κ1) is 20.2. The highest BCUT2D eigenvalue weighted by Crippen LogP contribution is 2.12. The number of sulfone groups is 1. The molecule has 120 valence electrons. The number of benzene rings is 1. The van der Waals surface area contributed by atoms with E-state index in [1.165, 1.54) is 0 Å². The summed E-state index contributed by atoms with van der Waals surface area (Å²) in [7, 11) is -3.31. The molecule has 3 N–H and O–H groups in total. The number of nitrogens with one attached hydrogen (secondary N) is 1. The number of hydrogen-bond acceptors (Lipinski definition) is 3. The molecule has 0 heterocycles. The molecule has 1 aromatic carbocycles. The van der Waals surface area contributed by atoms with Crippen molar-refractivity contribution in [2.24, 2.45) is 10.7 Å². The summed E-state index contributed by atoms with van der Waals surface area (Å²) in [5, 5.41) is 2.98. The van der Waals surface area contributed by atoms with Crippen molar-refractivity contribution in [1.82, 2.24) is 5.32 Å². The zero-order valence-corrected chi connectivity index (χ0v) is 15.6. The van der Waals surface area contributed by atoms with Crippen molar-refractivity contribution in [2.75, 3.05) is 12.3 Å². The Hall–Kier alpha value is -0.830. The molecule has 5 nitrogen and oxygen atoms in total. The minimum atomic E-state index is -3.31. The second-order valence-electron chi connectivity index (χ2n) is 4.61. The molecule has 1 rings (SSSR count). The Morgan fingerprint density at radius 2 is 1.90 bits per heavy atom. The van der Waals surface area contributed by atoms with Crippen molar-refractivity contribution in [3.05, 3.63) is 30.3 Å². The molecule has 1 unspecified atom stereocenters. The van der Waals surface area contributed by atoms with E-state index in [9.17, 15) is 8.42 Å². The van der Waals surface area contributed by atoms with Gasteiger partial charge in [-0.25, -0.2) is 8.42 Å². The maximum atomic E-state index is 12.3. The first-order valence-electron chi connectivity index (χ1n) is 6.83. The Morgan fingerprint density at radius 1 is 1.29 bits per heavy atom. The van der Waals surface area contributed by atoms with E-state index in [2.05, 4.69) is 10.3 Å². The molecule has 1 aromatic rings. The second kappa shape index (κ2) is 9.99. The minimum Gasteiger partial charge on any atom is -0.370 e. The molecule has 0 saturated carbocycles. The van der Waals surface area contributed by atoms with Crippen LogP contribution in [0.1, 0.15) is 26.7 Å². The van der Waals surface area contributed by atoms with E-state index < -0.39 is 9.84 Å². The summed E-state index contributed by atoms with van der Waals surface area (Å²) in [5.74, 6) is 0.317. The normalized spacial score (nSPS) is 13.3. The molecule has 0 aromatic heterocycles. The summed E-state index contributed by atoms with van der Waals surface area (Å²) in [6.45, 7) is 4.57. The van der Waals surface area contributed by atoms with Gasteiger partial charge in [-0.05, 0) is 25.0 Å². The Labute approximate surface area is 144 Å². The van der Waals surface area contributed by atoms with Crippen molar-refractivity contribution in [3.63, 3.8) is 0 Å². The second-order valence-corrected chi connectivity index (χ2v) is 6.65. The Bertz CT molecular complexity index is 532. The Kier molecular flexibility index (Phi) is 9.60. The SMILES string of the molecule is CCCN=C(N)NC(CC)CS(=O)(=O)c1ccccc1.I. The summed E-state index contributed by atoms with van der Waals surface area (Å²) in [6.07, 6.45) is 1.57. The van der Waals surface area contributed by atoms with Crippen LogP contribution in [0.3, 0.4) is 0 Å². The highest BCUT2D eigenvalue weighted by Gasteiger charge is 2.20. The molecule has 21 heavy (non-hydrogen) atoms. The van der Waals surface area contributed by atoms with E-state index in [0.29, 0.717) is 23.8 Å². The van der Waals surface area contributed by atoms with E-state index in [4.69, 9.17) is 5.73 Å². The smallest absolute Gasteiger partial charge is 0.188 e. The van der Waals surface area contributed by atoms with Crippen LogP contribution in [0.2, 0.25) is 0 Å². The van der Waals surface area contributed by atoms with E-state index >= 15 is 0 Å². The van der Waals surface area contributed by atoms with Crippen LogP contribution in [0.4, 0.5) is 0 Å². The third kappa shape index (κ3) is 7.12. The lowest BCUT2D eigenvalue weighted by Gasteiger charge is -2.17. The average Bonchev–Trinajstić information content (AvgIpc) is 2.45. The third-order valence-electron chi connectivity index (χ3n) is 2.87. The number of guanidine groups is 1. The fraction of sp³-hybridized carbons (Fsp3) is 0.500. The molecule has 0 amide bonds. The van der Waals surface area contributed by atoms with Crippen LogP contribution in [0.25, 0.3) is 0 Å². The van der Waals surface area contributed by atoms with Crippen LogP contribution in [0.15, 0.2) is 40.2 Å². The molecule has 0 radical (unpaired) electrons. The quantitative estimate of drug-likeness (QED) is 0.399. The third-order valence-corrected chi connectivity index (χ3v) is 4.71. The van der Waals surface area contributed by atoms with Crippen molar-refractivity contribution in [1.29, 1.82) is 0 Å². The summed E-state index contributed by atoms with van der Waals surface area (Å²) in [6, 6.07) is 8.22. The Morgan fingerprint density at radius 3 is 2.43 bits per heavy atom. The van der Waals surface area contributed by atoms with Crippen LogP contribution in [-0.4, -0.2) is 32.7 Å². The number of aliphatic imine (C=N–C) groups is 1. The molecule has 0 spiro atoms. The number of halogens is 1. The van der Waals surface area contributed by atoms with E-state index in [0.717, 1.165) is 6.42 Å². The van der Waals surface area contributed by atoms with Gasteiger partial charge in [0.2, 0.25) is 0 Å². The summed E-state index contributed by atoms with van der Waals surface area (Å²) < 4.78 is 24.6. The maximum Gasteiger partial charge on any atom is 0.188 e. The van der Waals surface area contributed by atoms with Gasteiger partial charge in [0.15, 0.2) is 15.8 Å². The van der Waals surface area contributed by atoms with Crippen molar-refractivity contribution >= 4 is 39.8 Å². The number of nitrogens with two attached hydrogens (primary N) is 1. The van der Waals surface area contributed by atoms with Crippen LogP contribution >= 0.6 is 24.0 Å². The lowest BCUT2D eigenvalue weighted by molar-refractivity contribution is 0.571. The van der Waals surface area contributed by atoms with Crippen LogP contribution in [-0.2, 0) is 9.84 Å². The molecule has 0 aliphatic carbocycles. The zero-order valence-electron chi connectivity index (χ0n) is 12.5. The average molecular weight is 425 g/mol. The minimum absolute atomic E-state index is 0. The number of nitrogens with zero attached hydrogens (tertiary/aromatic N) is 1. The summed E-state index contributed by atoms with van der Waals surface area (Å²) >= 11 is 0. The van der Waals surface area contributed by atoms with E-state index in [1.807, 2.05) is 13.8 Å². The molecule has 0 aliphatic rings. The molecule has 0 fully saturated rings. The number of hydrogen-bond donors (Lipinski definition) is 2. The molecular formula is C14H24IN3O2S. The largest absolute Gasteiger partial charge is 0.370 e. The van der Waals surface area contributed by atoms with Crippen molar-refractivity contribution in [3.8, 4) is 0 Å². The molecule has 7 heteroatoms. The van der Waals surface area contributed by atoms with Gasteiger partial charge in [-0.3, -0.25) is 4.99 Å². The fourth-order valence-corrected chi connectivity index (χ4v) is 3.35. The fourth-order valence-electron chi connectivity index (χ4n) is 1.74. The first-order chi connectivity index (χ1) is 9.49. The summed E-state index contributed by atoms with van der Waals surface area (Å²) in [5.41, 5.74) is 5.74. The topological polar surface area (TPSA) is 84.5 Å². The predicted octanol–water partition coefficient (Wildman–Crippen LogP) is 2.17. The lowest BCUT2D eigenvalue weighted by atomic mass is 10.3. The van der Waals surface area contributed by atoms with Gasteiger partial charge in [0.25, 0.3) is 0 Å². The molecular weight excluding hydrogens is 401 g/mol. The van der Waals surface area contributed by atoms with Crippen molar-refractivity contribution < 1.29 is 8.42 Å². The Balaban J connectivity index is 0.00000400. The van der Waals surface area contributed by atoms with E-state index in [1.54, 1.807) is 30.3 Å². The lowest BCUT2D eigenvalue weighted by Crippen LogP contribution is -2.43. The van der Waals surface area contributed by atoms with Crippen LogP contribution in [0.5, 0.6) is 0 Å². The monoisotopic (exact) mass is 425 g/mol. The number of rotatable bonds is 7. The zero-order chi connectivity index (χ0) is 15.0. The van der Waals surface area contributed by atoms with Gasteiger partial charge in [0, 0.05) is 12.6 Å². The standard InChI is InChI=1S/C14H23N3O2S.HI/c1-3-10-16-14(15)17-12(4-2)11-20(18,19)13-8-6-5-7-9-13;/h5-9,12H,3-4,10-11H2,1-2H3,(H3,15,16,17);1H. The van der Waals surface area contributed by atoms with Gasteiger partial charge >= 0.3 is 0 Å². The van der Waals surface area contributed by atoms with Gasteiger partial charge < -0.3 is 11.1 Å². The van der Waals surface area contributed by atoms with Gasteiger partial charge in [-0.1, -0.05) is 32.0 Å². The molecule has 1 atom stereocenters. The molecule has 0 aliphatic heterocycles. The van der Waals surface area contributed by atoms with Gasteiger partial charge in [-0.15, -0.1) is 24.0 Å². The van der Waals surface area contributed by atoms with Gasteiger partial charge in [0.1, 0.15) is 0 Å². The van der Waals surface area contributed by atoms with Crippen LogP contribution < -0.4 is 11.1 Å². The van der Waals surface area contributed by atoms with Gasteiger partial charge in [-0.2, -0.15) is 0 Å². The summed E-state index contributed by atoms with van der Waals surface area (Å²) in [4.78, 5) is 4.46. The highest BCUT2D eigenvalue weighted by molar-refractivity contribution is 14.0. The van der Waals surface area contributed by atoms with Gasteiger partial charge in [0.05, 0.1) is 10.6 Å².